The van der Waals surface area contributed by atoms with E-state index in [-0.39, 0.29) is 12.8 Å². The van der Waals surface area contributed by atoms with Crippen LogP contribution in [0.25, 0.3) is 0 Å². The normalized spacial score (nSPS) is 18.4. The molecule has 0 radical (unpaired) electrons. The predicted octanol–water partition coefficient (Wildman–Crippen LogP) is 3.04. The lowest BCUT2D eigenvalue weighted by Crippen LogP contribution is -2.29. The zero-order chi connectivity index (χ0) is 11.6. The van der Waals surface area contributed by atoms with E-state index in [1.54, 1.807) is 0 Å². The highest BCUT2D eigenvalue weighted by atomic mass is 128. The lowest BCUT2D eigenvalue weighted by molar-refractivity contribution is -0.234. The van der Waals surface area contributed by atoms with E-state index in [9.17, 15) is 0 Å². The van der Waals surface area contributed by atoms with Gasteiger partial charge in [-0.05, 0) is 13.8 Å². The van der Waals surface area contributed by atoms with E-state index in [0.717, 1.165) is 11.4 Å². The van der Waals surface area contributed by atoms with Crippen molar-refractivity contribution in [2.24, 2.45) is 0 Å². The van der Waals surface area contributed by atoms with Crippen molar-refractivity contribution in [3.8, 4) is 0 Å². The largest absolute Gasteiger partial charge is 0.368 e. The highest BCUT2D eigenvalue weighted by molar-refractivity contribution is 15.0. The van der Waals surface area contributed by atoms with Crippen molar-refractivity contribution in [1.82, 2.24) is 10.6 Å². The van der Waals surface area contributed by atoms with Crippen LogP contribution < -0.4 is 10.6 Å². The molecule has 0 aromatic heterocycles. The smallest absolute Gasteiger partial charge is 0.123 e. The molecule has 0 spiro atoms. The molecule has 0 aliphatic carbocycles. The molecular formula is C8H18I2N2O2. The van der Waals surface area contributed by atoms with Crippen LogP contribution in [0.15, 0.2) is 11.4 Å². The molecule has 1 aliphatic heterocycles. The first-order valence-corrected chi connectivity index (χ1v) is 10.7. The second-order valence-electron chi connectivity index (χ2n) is 2.39. The van der Waals surface area contributed by atoms with Gasteiger partial charge in [-0.25, -0.2) is 4.89 Å². The summed E-state index contributed by atoms with van der Waals surface area (Å²) >= 11 is 4.24. The van der Waals surface area contributed by atoms with E-state index in [4.69, 9.17) is 5.26 Å². The van der Waals surface area contributed by atoms with Crippen molar-refractivity contribution in [3.63, 3.8) is 0 Å². The molecular weight excluding hydrogens is 410 g/mol. The molecule has 1 atom stereocenters. The molecule has 6 heteroatoms. The van der Waals surface area contributed by atoms with Crippen molar-refractivity contribution >= 4 is 37.2 Å². The van der Waals surface area contributed by atoms with E-state index in [0.29, 0.717) is 0 Å². The maximum Gasteiger partial charge on any atom is 0.123 e. The Bertz CT molecular complexity index is 165. The third-order valence-electron chi connectivity index (χ3n) is 1.49. The van der Waals surface area contributed by atoms with E-state index >= 15 is 0 Å². The van der Waals surface area contributed by atoms with Crippen molar-refractivity contribution in [3.05, 3.63) is 11.4 Å². The Morgan fingerprint density at radius 2 is 1.86 bits per heavy atom. The minimum absolute atomic E-state index is 0.225. The van der Waals surface area contributed by atoms with Crippen molar-refractivity contribution in [1.29, 1.82) is 0 Å². The predicted molar refractivity (Wildman–Crippen MR) is 76.4 cm³/mol. The van der Waals surface area contributed by atoms with Crippen LogP contribution in [0.4, 0.5) is 0 Å². The fourth-order valence-electron chi connectivity index (χ4n) is 1.03. The second-order valence-corrected chi connectivity index (χ2v) is 2.39. The van der Waals surface area contributed by atoms with Crippen molar-refractivity contribution < 1.29 is 10.1 Å². The Balaban J connectivity index is 0. The summed E-state index contributed by atoms with van der Waals surface area (Å²) in [4.78, 5) is 3.98. The summed E-state index contributed by atoms with van der Waals surface area (Å²) in [5.41, 5.74) is 1.94. The molecule has 86 valence electrons. The van der Waals surface area contributed by atoms with E-state index in [1.165, 1.54) is 0 Å². The molecule has 0 amide bonds. The molecule has 1 heterocycles. The van der Waals surface area contributed by atoms with Gasteiger partial charge < -0.3 is 10.6 Å². The first-order chi connectivity index (χ1) is 6.74. The summed E-state index contributed by atoms with van der Waals surface area (Å²) in [6.07, 6.45) is 0.241. The fourth-order valence-corrected chi connectivity index (χ4v) is 1.03. The molecule has 1 aliphatic rings. The highest BCUT2D eigenvalue weighted by Gasteiger charge is 2.14. The molecule has 0 aromatic rings. The van der Waals surface area contributed by atoms with Gasteiger partial charge in [0.25, 0.3) is 0 Å². The summed E-state index contributed by atoms with van der Waals surface area (Å²) in [7, 11) is 0. The fraction of sp³-hybridized carbons (Fsp3) is 0.750. The number of hydrogen-bond donors (Lipinski definition) is 3. The van der Waals surface area contributed by atoms with Gasteiger partial charge in [-0.3, -0.25) is 5.26 Å². The third-order valence-corrected chi connectivity index (χ3v) is 1.49. The third kappa shape index (κ3) is 7.07. The van der Waals surface area contributed by atoms with Gasteiger partial charge in [0.15, 0.2) is 0 Å². The molecule has 3 N–H and O–H groups in total. The summed E-state index contributed by atoms with van der Waals surface area (Å²) in [5.74, 6) is 0. The molecule has 1 rings (SSSR count). The van der Waals surface area contributed by atoms with Crippen molar-refractivity contribution in [2.75, 3.05) is 6.61 Å². The first-order valence-electron chi connectivity index (χ1n) is 4.37. The monoisotopic (exact) mass is 428 g/mol. The van der Waals surface area contributed by atoms with Crippen LogP contribution in [0.5, 0.6) is 0 Å². The minimum atomic E-state index is 0.225. The van der Waals surface area contributed by atoms with Gasteiger partial charge in [0.2, 0.25) is 0 Å². The number of allylic oxidation sites excluding steroid dienone is 1. The van der Waals surface area contributed by atoms with Gasteiger partial charge in [0, 0.05) is 42.9 Å². The summed E-state index contributed by atoms with van der Waals surface area (Å²) in [6.45, 7) is 8.15. The van der Waals surface area contributed by atoms with Gasteiger partial charge in [-0.15, -0.1) is 0 Å². The average Bonchev–Trinajstić information content (AvgIpc) is 2.53. The molecule has 0 saturated carbocycles. The lowest BCUT2D eigenvalue weighted by Gasteiger charge is -2.05. The zero-order valence-corrected chi connectivity index (χ0v) is 13.2. The number of rotatable bonds is 2. The van der Waals surface area contributed by atoms with Gasteiger partial charge >= 0.3 is 0 Å². The van der Waals surface area contributed by atoms with Crippen LogP contribution in [0.1, 0.15) is 27.7 Å². The maximum absolute atomic E-state index is 8.13. The molecule has 14 heavy (non-hydrogen) atoms. The molecule has 0 fully saturated rings. The van der Waals surface area contributed by atoms with Gasteiger partial charge in [-0.1, -0.05) is 13.8 Å². The SMILES string of the molecule is CC.CC1=C(COO)NC(C)N1.II. The number of nitrogens with one attached hydrogen (secondary N) is 2. The minimum Gasteiger partial charge on any atom is -0.368 e. The first kappa shape index (κ1) is 17.1. The highest BCUT2D eigenvalue weighted by Crippen LogP contribution is 2.06. The maximum atomic E-state index is 8.13. The Labute approximate surface area is 109 Å². The Kier molecular flexibility index (Phi) is 14.4. The molecule has 1 unspecified atom stereocenters. The molecule has 0 saturated heterocycles. The van der Waals surface area contributed by atoms with Crippen LogP contribution in [0.3, 0.4) is 0 Å². The topological polar surface area (TPSA) is 53.5 Å². The zero-order valence-electron chi connectivity index (χ0n) is 8.90. The molecule has 0 aromatic carbocycles. The van der Waals surface area contributed by atoms with E-state index < -0.39 is 0 Å². The Hall–Kier alpha value is 0.720. The quantitative estimate of drug-likeness (QED) is 0.360. The molecule has 0 bridgehead atoms. The van der Waals surface area contributed by atoms with Gasteiger partial charge in [-0.2, -0.15) is 0 Å². The van der Waals surface area contributed by atoms with Crippen LogP contribution in [0, 0.1) is 0 Å². The molecule has 4 nitrogen and oxygen atoms in total. The number of halogens is 2. The summed E-state index contributed by atoms with van der Waals surface area (Å²) in [5, 5.41) is 14.3. The van der Waals surface area contributed by atoms with Crippen LogP contribution in [-0.4, -0.2) is 18.0 Å². The standard InChI is InChI=1S/C6H12N2O2.C2H6.I2/c1-4-6(3-10-9)8-5(2)7-4;2*1-2/h5,7-9H,3H2,1-2H3;1-2H3;. The lowest BCUT2D eigenvalue weighted by atomic mass is 10.4. The average molecular weight is 428 g/mol. The van der Waals surface area contributed by atoms with Gasteiger partial charge in [0.1, 0.15) is 6.61 Å². The van der Waals surface area contributed by atoms with E-state index in [2.05, 4.69) is 52.8 Å². The van der Waals surface area contributed by atoms with Crippen molar-refractivity contribution in [2.45, 2.75) is 33.9 Å². The van der Waals surface area contributed by atoms with Gasteiger partial charge in [0.05, 0.1) is 11.9 Å². The number of hydrogen-bond acceptors (Lipinski definition) is 4. The Morgan fingerprint density at radius 1 is 1.36 bits per heavy atom. The second kappa shape index (κ2) is 11.8. The summed E-state index contributed by atoms with van der Waals surface area (Å²) < 4.78 is 0. The summed E-state index contributed by atoms with van der Waals surface area (Å²) in [6, 6.07) is 0. The van der Waals surface area contributed by atoms with E-state index in [1.807, 2.05) is 27.7 Å². The Morgan fingerprint density at radius 3 is 2.14 bits per heavy atom. The van der Waals surface area contributed by atoms with Crippen LogP contribution in [0.2, 0.25) is 0 Å². The van der Waals surface area contributed by atoms with Crippen LogP contribution in [-0.2, 0) is 4.89 Å². The van der Waals surface area contributed by atoms with Crippen LogP contribution >= 0.6 is 37.2 Å².